The Morgan fingerprint density at radius 1 is 1.15 bits per heavy atom. The summed E-state index contributed by atoms with van der Waals surface area (Å²) < 4.78 is 38.2. The van der Waals surface area contributed by atoms with Gasteiger partial charge in [-0.2, -0.15) is 13.2 Å². The summed E-state index contributed by atoms with van der Waals surface area (Å²) in [5.41, 5.74) is 0.115. The molecule has 3 N–H and O–H groups in total. The molecule has 3 aromatic rings. The Morgan fingerprint density at radius 3 is 2.50 bits per heavy atom. The number of benzene rings is 2. The third-order valence-corrected chi connectivity index (χ3v) is 4.16. The highest BCUT2D eigenvalue weighted by molar-refractivity contribution is 6.30. The van der Waals surface area contributed by atoms with Crippen molar-refractivity contribution in [2.45, 2.75) is 12.3 Å². The van der Waals surface area contributed by atoms with E-state index in [2.05, 4.69) is 10.3 Å². The van der Waals surface area contributed by atoms with Crippen molar-refractivity contribution in [1.29, 1.82) is 0 Å². The van der Waals surface area contributed by atoms with E-state index < -0.39 is 23.8 Å². The number of nitrogens with one attached hydrogen (secondary N) is 2. The summed E-state index contributed by atoms with van der Waals surface area (Å²) >= 11 is 5.78. The molecule has 0 aliphatic heterocycles. The highest BCUT2D eigenvalue weighted by Crippen LogP contribution is 2.31. The quantitative estimate of drug-likeness (QED) is 0.629. The highest BCUT2D eigenvalue weighted by atomic mass is 35.5. The van der Waals surface area contributed by atoms with Crippen LogP contribution in [0.15, 0.2) is 48.5 Å². The zero-order chi connectivity index (χ0) is 18.9. The number of fused-ring (bicyclic) bond motifs is 1. The SMILES string of the molecule is O=C(NC[C@H](O)c1ccc(Cl)cc1)c1cc2ccc(C(F)(F)F)cc2[nH]1. The van der Waals surface area contributed by atoms with Crippen molar-refractivity contribution in [1.82, 2.24) is 10.3 Å². The number of hydrogen-bond acceptors (Lipinski definition) is 2. The van der Waals surface area contributed by atoms with Gasteiger partial charge >= 0.3 is 6.18 Å². The predicted molar refractivity (Wildman–Crippen MR) is 92.0 cm³/mol. The zero-order valence-electron chi connectivity index (χ0n) is 13.3. The number of aromatic amines is 1. The van der Waals surface area contributed by atoms with E-state index in [0.717, 1.165) is 12.1 Å². The van der Waals surface area contributed by atoms with Crippen LogP contribution >= 0.6 is 11.6 Å². The van der Waals surface area contributed by atoms with Crippen molar-refractivity contribution in [3.05, 3.63) is 70.4 Å². The topological polar surface area (TPSA) is 65.1 Å². The fourth-order valence-corrected chi connectivity index (χ4v) is 2.64. The number of aromatic nitrogens is 1. The molecule has 3 rings (SSSR count). The van der Waals surface area contributed by atoms with Crippen LogP contribution in [0.4, 0.5) is 13.2 Å². The van der Waals surface area contributed by atoms with Gasteiger partial charge in [0.15, 0.2) is 0 Å². The van der Waals surface area contributed by atoms with Gasteiger partial charge in [0, 0.05) is 22.5 Å². The molecule has 1 atom stereocenters. The number of carbonyl (C=O) groups is 1. The van der Waals surface area contributed by atoms with E-state index in [1.807, 2.05) is 0 Å². The first-order valence-corrected chi connectivity index (χ1v) is 8.03. The molecule has 0 aliphatic carbocycles. The van der Waals surface area contributed by atoms with Crippen LogP contribution in [0.1, 0.15) is 27.7 Å². The largest absolute Gasteiger partial charge is 0.416 e. The van der Waals surface area contributed by atoms with E-state index in [9.17, 15) is 23.1 Å². The van der Waals surface area contributed by atoms with Crippen molar-refractivity contribution in [3.8, 4) is 0 Å². The van der Waals surface area contributed by atoms with Gasteiger partial charge in [0.05, 0.1) is 11.7 Å². The van der Waals surface area contributed by atoms with E-state index in [1.54, 1.807) is 24.3 Å². The third-order valence-electron chi connectivity index (χ3n) is 3.91. The number of aliphatic hydroxyl groups is 1. The van der Waals surface area contributed by atoms with E-state index in [-0.39, 0.29) is 17.8 Å². The Labute approximate surface area is 151 Å². The number of hydrogen-bond donors (Lipinski definition) is 3. The second-order valence-corrected chi connectivity index (χ2v) is 6.20. The maximum absolute atomic E-state index is 12.7. The van der Waals surface area contributed by atoms with Crippen molar-refractivity contribution in [3.63, 3.8) is 0 Å². The molecular formula is C18H14ClF3N2O2. The van der Waals surface area contributed by atoms with Crippen LogP contribution in [-0.2, 0) is 6.18 Å². The van der Waals surface area contributed by atoms with Crippen LogP contribution in [0.25, 0.3) is 10.9 Å². The standard InChI is InChI=1S/C18H14ClF3N2O2/c19-13-5-2-10(3-6-13)16(25)9-23-17(26)15-7-11-1-4-12(18(20,21)22)8-14(11)24-15/h1-8,16,24-25H,9H2,(H,23,26)/t16-/m0/s1. The van der Waals surface area contributed by atoms with Crippen molar-refractivity contribution in [2.75, 3.05) is 6.54 Å². The van der Waals surface area contributed by atoms with Crippen LogP contribution in [-0.4, -0.2) is 22.5 Å². The first-order valence-electron chi connectivity index (χ1n) is 7.66. The average Bonchev–Trinajstić information content (AvgIpc) is 3.02. The van der Waals surface area contributed by atoms with Gasteiger partial charge < -0.3 is 15.4 Å². The monoisotopic (exact) mass is 382 g/mol. The van der Waals surface area contributed by atoms with Gasteiger partial charge in [0.25, 0.3) is 5.91 Å². The summed E-state index contributed by atoms with van der Waals surface area (Å²) in [7, 11) is 0. The minimum atomic E-state index is -4.45. The minimum absolute atomic E-state index is 0.0520. The molecular weight excluding hydrogens is 369 g/mol. The van der Waals surface area contributed by atoms with Crippen molar-refractivity contribution >= 4 is 28.4 Å². The summed E-state index contributed by atoms with van der Waals surface area (Å²) in [4.78, 5) is 14.9. The van der Waals surface area contributed by atoms with Gasteiger partial charge in [-0.15, -0.1) is 0 Å². The molecule has 0 saturated carbocycles. The van der Waals surface area contributed by atoms with Gasteiger partial charge in [0.1, 0.15) is 5.69 Å². The maximum Gasteiger partial charge on any atom is 0.416 e. The Kier molecular flexibility index (Phi) is 4.93. The number of aliphatic hydroxyl groups excluding tert-OH is 1. The lowest BCUT2D eigenvalue weighted by Gasteiger charge is -2.11. The van der Waals surface area contributed by atoms with Crippen LogP contribution < -0.4 is 5.32 Å². The van der Waals surface area contributed by atoms with Crippen LogP contribution in [0, 0.1) is 0 Å². The van der Waals surface area contributed by atoms with Gasteiger partial charge in [-0.3, -0.25) is 4.79 Å². The van der Waals surface area contributed by atoms with Gasteiger partial charge in [-0.05, 0) is 35.9 Å². The van der Waals surface area contributed by atoms with Gasteiger partial charge in [-0.1, -0.05) is 29.8 Å². The number of rotatable bonds is 4. The number of H-pyrrole nitrogens is 1. The molecule has 1 amide bonds. The van der Waals surface area contributed by atoms with Gasteiger partial charge in [0.2, 0.25) is 0 Å². The third kappa shape index (κ3) is 4.00. The molecule has 1 aromatic heterocycles. The van der Waals surface area contributed by atoms with E-state index >= 15 is 0 Å². The number of halogens is 4. The molecule has 8 heteroatoms. The first-order chi connectivity index (χ1) is 12.2. The molecule has 4 nitrogen and oxygen atoms in total. The van der Waals surface area contributed by atoms with E-state index in [0.29, 0.717) is 16.0 Å². The Balaban J connectivity index is 1.70. The minimum Gasteiger partial charge on any atom is -0.387 e. The highest BCUT2D eigenvalue weighted by Gasteiger charge is 2.30. The number of carbonyl (C=O) groups excluding carboxylic acids is 1. The van der Waals surface area contributed by atoms with Crippen LogP contribution in [0.2, 0.25) is 5.02 Å². The zero-order valence-corrected chi connectivity index (χ0v) is 14.0. The van der Waals surface area contributed by atoms with Crippen molar-refractivity contribution in [2.24, 2.45) is 0 Å². The number of amides is 1. The lowest BCUT2D eigenvalue weighted by molar-refractivity contribution is -0.137. The molecule has 2 aromatic carbocycles. The smallest absolute Gasteiger partial charge is 0.387 e. The fraction of sp³-hybridized carbons (Fsp3) is 0.167. The normalized spacial score (nSPS) is 13.0. The second-order valence-electron chi connectivity index (χ2n) is 5.76. The lowest BCUT2D eigenvalue weighted by atomic mass is 10.1. The Bertz CT molecular complexity index is 936. The number of alkyl halides is 3. The van der Waals surface area contributed by atoms with E-state index in [1.165, 1.54) is 12.1 Å². The molecule has 0 bridgehead atoms. The average molecular weight is 383 g/mol. The lowest BCUT2D eigenvalue weighted by Crippen LogP contribution is -2.28. The van der Waals surface area contributed by atoms with Crippen LogP contribution in [0.3, 0.4) is 0 Å². The maximum atomic E-state index is 12.7. The Hall–Kier alpha value is -2.51. The molecule has 0 unspecified atom stereocenters. The van der Waals surface area contributed by atoms with Crippen LogP contribution in [0.5, 0.6) is 0 Å². The molecule has 0 fully saturated rings. The Morgan fingerprint density at radius 2 is 1.85 bits per heavy atom. The first kappa shape index (κ1) is 18.3. The molecule has 0 aliphatic rings. The fourth-order valence-electron chi connectivity index (χ4n) is 2.51. The van der Waals surface area contributed by atoms with Crippen molar-refractivity contribution < 1.29 is 23.1 Å². The van der Waals surface area contributed by atoms with Gasteiger partial charge in [-0.25, -0.2) is 0 Å². The summed E-state index contributed by atoms with van der Waals surface area (Å²) in [6.45, 7) is -0.0520. The predicted octanol–water partition coefficient (Wildman–Crippen LogP) is 4.30. The molecule has 0 spiro atoms. The van der Waals surface area contributed by atoms with E-state index in [4.69, 9.17) is 11.6 Å². The molecule has 26 heavy (non-hydrogen) atoms. The summed E-state index contributed by atoms with van der Waals surface area (Å²) in [5.74, 6) is -0.525. The summed E-state index contributed by atoms with van der Waals surface area (Å²) in [6.07, 6.45) is -5.39. The summed E-state index contributed by atoms with van der Waals surface area (Å²) in [6, 6.07) is 11.2. The molecule has 0 radical (unpaired) electrons. The molecule has 136 valence electrons. The molecule has 0 saturated heterocycles. The summed E-state index contributed by atoms with van der Waals surface area (Å²) in [5, 5.41) is 13.6. The second kappa shape index (κ2) is 7.01. The molecule has 1 heterocycles.